The van der Waals surface area contributed by atoms with Crippen LogP contribution in [0.4, 0.5) is 0 Å². The second kappa shape index (κ2) is 9.95. The lowest BCUT2D eigenvalue weighted by molar-refractivity contribution is -0.130. The van der Waals surface area contributed by atoms with E-state index >= 15 is 0 Å². The van der Waals surface area contributed by atoms with E-state index in [2.05, 4.69) is 34.5 Å². The number of piperidine rings is 1. The maximum absolute atomic E-state index is 12.0. The predicted molar refractivity (Wildman–Crippen MR) is 146 cm³/mol. The highest BCUT2D eigenvalue weighted by Crippen LogP contribution is 2.55. The van der Waals surface area contributed by atoms with Crippen molar-refractivity contribution in [2.45, 2.75) is 44.8 Å². The fourth-order valence-corrected chi connectivity index (χ4v) is 6.28. The number of carbonyl (C=O) groups is 1. The summed E-state index contributed by atoms with van der Waals surface area (Å²) in [7, 11) is 1.80. The number of ether oxygens (including phenoxy) is 1. The lowest BCUT2D eigenvalue weighted by Crippen LogP contribution is -2.49. The van der Waals surface area contributed by atoms with E-state index in [9.17, 15) is 15.2 Å². The molecule has 0 aromatic carbocycles. The number of hydrogen-bond donors (Lipinski definition) is 1. The quantitative estimate of drug-likeness (QED) is 0.356. The fraction of sp³-hybridized carbons (Fsp3) is 0.414. The Morgan fingerprint density at radius 3 is 2.75 bits per heavy atom. The van der Waals surface area contributed by atoms with Crippen LogP contribution in [0.5, 0.6) is 5.75 Å². The maximum atomic E-state index is 12.0. The molecule has 1 saturated carbocycles. The van der Waals surface area contributed by atoms with Gasteiger partial charge in [-0.2, -0.15) is 20.6 Å². The van der Waals surface area contributed by atoms with Crippen molar-refractivity contribution < 1.29 is 14.6 Å². The minimum absolute atomic E-state index is 0.0167. The van der Waals surface area contributed by atoms with Gasteiger partial charge in [0.25, 0.3) is 0 Å². The Morgan fingerprint density at radius 1 is 1.32 bits per heavy atom. The number of likely N-dealkylation sites (tertiary alicyclic amines) is 1. The van der Waals surface area contributed by atoms with Gasteiger partial charge in [0.1, 0.15) is 28.6 Å². The number of hydrogen-bond acceptors (Lipinski definition) is 7. The number of nitrogens with zero attached hydrogens (tertiary/aromatic N) is 8. The first kappa shape index (κ1) is 25.8. The molecule has 1 unspecified atom stereocenters. The smallest absolute Gasteiger partial charge is 0.245 e. The van der Waals surface area contributed by atoms with Gasteiger partial charge in [0.15, 0.2) is 6.10 Å². The molecule has 1 amide bonds. The molecule has 11 heteroatoms. The molecule has 5 heterocycles. The molecule has 2 aliphatic rings. The summed E-state index contributed by atoms with van der Waals surface area (Å²) < 4.78 is 11.7. The Bertz CT molecular complexity index is 1620. The van der Waals surface area contributed by atoms with Crippen molar-refractivity contribution in [3.63, 3.8) is 0 Å². The highest BCUT2D eigenvalue weighted by molar-refractivity contribution is 5.87. The van der Waals surface area contributed by atoms with Crippen LogP contribution >= 0.6 is 0 Å². The van der Waals surface area contributed by atoms with Crippen molar-refractivity contribution in [1.29, 1.82) is 5.26 Å². The SMILES string of the molecule is C=CC(=O)N1CCC2(CC1)CC(n1ncc(-c3cc(OC(CO)c4ccn(C)n4)c4c(C#N)cnn4c3)c1C)C2. The highest BCUT2D eigenvalue weighted by atomic mass is 16.5. The van der Waals surface area contributed by atoms with Gasteiger partial charge in [-0.15, -0.1) is 0 Å². The lowest BCUT2D eigenvalue weighted by Gasteiger charge is -2.52. The number of carbonyl (C=O) groups excluding carboxylic acids is 1. The number of rotatable bonds is 7. The third-order valence-corrected chi connectivity index (χ3v) is 8.55. The number of aryl methyl sites for hydroxylation is 1. The van der Waals surface area contributed by atoms with Crippen molar-refractivity contribution in [1.82, 2.24) is 34.1 Å². The van der Waals surface area contributed by atoms with E-state index in [4.69, 9.17) is 9.84 Å². The number of pyridine rings is 1. The van der Waals surface area contributed by atoms with Gasteiger partial charge in [-0.1, -0.05) is 6.58 Å². The molecule has 1 N–H and O–H groups in total. The molecular weight excluding hydrogens is 508 g/mol. The normalized spacial score (nSPS) is 17.5. The molecule has 2 fully saturated rings. The second-order valence-corrected chi connectivity index (χ2v) is 10.9. The monoisotopic (exact) mass is 540 g/mol. The van der Waals surface area contributed by atoms with Crippen LogP contribution in [-0.4, -0.2) is 64.8 Å². The van der Waals surface area contributed by atoms with Gasteiger partial charge in [-0.05, 0) is 56.2 Å². The lowest BCUT2D eigenvalue weighted by atomic mass is 9.60. The van der Waals surface area contributed by atoms with E-state index in [0.29, 0.717) is 28.6 Å². The molecular formula is C29H32N8O3. The van der Waals surface area contributed by atoms with Gasteiger partial charge in [-0.3, -0.25) is 14.2 Å². The summed E-state index contributed by atoms with van der Waals surface area (Å²) in [5, 5.41) is 33.3. The van der Waals surface area contributed by atoms with Crippen LogP contribution in [-0.2, 0) is 11.8 Å². The van der Waals surface area contributed by atoms with Crippen LogP contribution in [0.15, 0.2) is 49.6 Å². The van der Waals surface area contributed by atoms with E-state index in [1.54, 1.807) is 28.5 Å². The van der Waals surface area contributed by atoms with E-state index in [-0.39, 0.29) is 17.9 Å². The van der Waals surface area contributed by atoms with Crippen LogP contribution in [0.25, 0.3) is 16.6 Å². The number of nitriles is 1. The second-order valence-electron chi connectivity index (χ2n) is 10.9. The van der Waals surface area contributed by atoms with Crippen molar-refractivity contribution in [3.05, 3.63) is 66.5 Å². The minimum Gasteiger partial charge on any atom is -0.479 e. The largest absolute Gasteiger partial charge is 0.479 e. The summed E-state index contributed by atoms with van der Waals surface area (Å²) in [6.07, 6.45) is 11.9. The first-order valence-electron chi connectivity index (χ1n) is 13.5. The minimum atomic E-state index is -0.704. The Kier molecular flexibility index (Phi) is 6.43. The van der Waals surface area contributed by atoms with E-state index in [1.165, 1.54) is 12.3 Å². The van der Waals surface area contributed by atoms with Crippen molar-refractivity contribution in [2.75, 3.05) is 19.7 Å². The first-order chi connectivity index (χ1) is 19.3. The standard InChI is InChI=1S/C29H32N8O3/c1-4-27(39)35-9-6-29(7-10-35)12-22(13-29)37-19(2)23(16-32-37)20-11-25(28-21(14-30)15-31-36(28)17-20)40-26(18-38)24-5-8-34(3)33-24/h4-5,8,11,15-17,22,26,38H,1,6-7,9-10,12-13,18H2,2-3H3. The summed E-state index contributed by atoms with van der Waals surface area (Å²) in [6, 6.07) is 6.17. The molecule has 206 valence electrons. The Labute approximate surface area is 231 Å². The van der Waals surface area contributed by atoms with Gasteiger partial charge < -0.3 is 14.7 Å². The summed E-state index contributed by atoms with van der Waals surface area (Å²) in [5.74, 6) is 0.454. The first-order valence-corrected chi connectivity index (χ1v) is 13.5. The fourth-order valence-electron chi connectivity index (χ4n) is 6.28. The highest BCUT2D eigenvalue weighted by Gasteiger charge is 2.47. The van der Waals surface area contributed by atoms with Gasteiger partial charge in [0.05, 0.1) is 25.0 Å². The summed E-state index contributed by atoms with van der Waals surface area (Å²) in [4.78, 5) is 13.9. The van der Waals surface area contributed by atoms with Crippen molar-refractivity contribution in [3.8, 4) is 22.9 Å². The molecule has 40 heavy (non-hydrogen) atoms. The molecule has 1 aliphatic carbocycles. The zero-order chi connectivity index (χ0) is 28.0. The average Bonchev–Trinajstić information content (AvgIpc) is 3.67. The summed E-state index contributed by atoms with van der Waals surface area (Å²) >= 11 is 0. The topological polar surface area (TPSA) is 127 Å². The van der Waals surface area contributed by atoms with Gasteiger partial charge >= 0.3 is 0 Å². The van der Waals surface area contributed by atoms with Crippen molar-refractivity contribution >= 4 is 11.4 Å². The third kappa shape index (κ3) is 4.34. The van der Waals surface area contributed by atoms with E-state index < -0.39 is 6.10 Å². The van der Waals surface area contributed by atoms with Gasteiger partial charge in [-0.25, -0.2) is 4.52 Å². The molecule has 4 aromatic rings. The van der Waals surface area contributed by atoms with Crippen LogP contribution in [0.3, 0.4) is 0 Å². The zero-order valence-electron chi connectivity index (χ0n) is 22.7. The van der Waals surface area contributed by atoms with Crippen LogP contribution in [0.2, 0.25) is 0 Å². The molecule has 4 aromatic heterocycles. The molecule has 1 saturated heterocycles. The number of aromatic nitrogens is 6. The third-order valence-electron chi connectivity index (χ3n) is 8.55. The maximum Gasteiger partial charge on any atom is 0.245 e. The average molecular weight is 541 g/mol. The van der Waals surface area contributed by atoms with Crippen LogP contribution in [0, 0.1) is 23.7 Å². The Balaban J connectivity index is 1.27. The molecule has 1 aliphatic heterocycles. The molecule has 6 rings (SSSR count). The molecule has 0 bridgehead atoms. The number of fused-ring (bicyclic) bond motifs is 1. The predicted octanol–water partition coefficient (Wildman–Crippen LogP) is 3.35. The summed E-state index contributed by atoms with van der Waals surface area (Å²) in [6.45, 7) is 6.97. The molecule has 11 nitrogen and oxygen atoms in total. The van der Waals surface area contributed by atoms with E-state index in [1.807, 2.05) is 23.4 Å². The number of aliphatic hydroxyl groups is 1. The van der Waals surface area contributed by atoms with Gasteiger partial charge in [0.2, 0.25) is 5.91 Å². The van der Waals surface area contributed by atoms with Gasteiger partial charge in [0, 0.05) is 49.4 Å². The molecule has 1 spiro atoms. The molecule has 1 atom stereocenters. The Hall–Kier alpha value is -4.43. The van der Waals surface area contributed by atoms with Crippen LogP contribution in [0.1, 0.15) is 54.8 Å². The van der Waals surface area contributed by atoms with Crippen LogP contribution < -0.4 is 4.74 Å². The number of amides is 1. The van der Waals surface area contributed by atoms with Crippen molar-refractivity contribution in [2.24, 2.45) is 12.5 Å². The Morgan fingerprint density at radius 2 is 2.10 bits per heavy atom. The molecule has 0 radical (unpaired) electrons. The number of aliphatic hydroxyl groups excluding tert-OH is 1. The summed E-state index contributed by atoms with van der Waals surface area (Å²) in [5.41, 5.74) is 4.62. The van der Waals surface area contributed by atoms with E-state index in [0.717, 1.165) is 55.6 Å². The zero-order valence-corrected chi connectivity index (χ0v) is 22.7.